The molecule has 0 aliphatic heterocycles. The van der Waals surface area contributed by atoms with Crippen molar-refractivity contribution in [1.82, 2.24) is 4.57 Å². The summed E-state index contributed by atoms with van der Waals surface area (Å²) in [6.45, 7) is 2.49. The molecule has 0 aliphatic rings. The zero-order chi connectivity index (χ0) is 33.4. The van der Waals surface area contributed by atoms with Crippen LogP contribution in [0.4, 0.5) is 22.0 Å². The number of carboxylic acid groups (broad SMARTS) is 2. The number of unbranched alkanes of at least 4 members (excludes halogenated alkanes) is 1. The van der Waals surface area contributed by atoms with Crippen LogP contribution in [0.1, 0.15) is 66.5 Å². The van der Waals surface area contributed by atoms with E-state index in [0.717, 1.165) is 22.2 Å². The predicted molar refractivity (Wildman–Crippen MR) is 156 cm³/mol. The van der Waals surface area contributed by atoms with E-state index in [1.54, 1.807) is 24.3 Å². The maximum Gasteiger partial charge on any atom is 1.00 e. The normalized spacial score (nSPS) is 10.5. The van der Waals surface area contributed by atoms with Gasteiger partial charge in [-0.25, -0.2) is 22.0 Å². The third-order valence-electron chi connectivity index (χ3n) is 7.63. The Bertz CT molecular complexity index is 1790. The molecule has 0 fully saturated rings. The number of aromatic nitrogens is 1. The largest absolute Gasteiger partial charge is 1.00 e. The first kappa shape index (κ1) is 41.3. The molecule has 0 saturated heterocycles. The molecule has 0 aliphatic carbocycles. The Hall–Kier alpha value is -2.85. The van der Waals surface area contributed by atoms with E-state index >= 15 is 0 Å². The zero-order valence-electron chi connectivity index (χ0n) is 27.0. The molecule has 0 radical (unpaired) electrons. The minimum Gasteiger partial charge on any atom is -0.550 e. The number of aryl methyl sites for hydroxylation is 2. The number of carboxylic acids is 2. The monoisotopic (exact) mass is 685 g/mol. The second-order valence-electron chi connectivity index (χ2n) is 10.7. The molecular formula is C35H30F5NNa2O5. The topological polar surface area (TPSA) is 94.4 Å². The third kappa shape index (κ3) is 10.3. The number of aliphatic carboxylic acids is 2. The summed E-state index contributed by atoms with van der Waals surface area (Å²) in [7, 11) is 0. The molecule has 13 heteroatoms. The number of hydrogen-bond donors (Lipinski definition) is 0. The quantitative estimate of drug-likeness (QED) is 0.0427. The predicted octanol–water partition coefficient (Wildman–Crippen LogP) is -0.943. The van der Waals surface area contributed by atoms with Crippen molar-refractivity contribution in [2.75, 3.05) is 6.61 Å². The Balaban J connectivity index is 0.00000400. The number of hydrogen-bond acceptors (Lipinski definition) is 5. The molecule has 0 unspecified atom stereocenters. The van der Waals surface area contributed by atoms with Gasteiger partial charge in [0.05, 0.1) is 12.1 Å². The summed E-state index contributed by atoms with van der Waals surface area (Å²) < 4.78 is 75.3. The van der Waals surface area contributed by atoms with Crippen molar-refractivity contribution in [1.29, 1.82) is 0 Å². The van der Waals surface area contributed by atoms with Crippen molar-refractivity contribution in [3.63, 3.8) is 0 Å². The van der Waals surface area contributed by atoms with Crippen molar-refractivity contribution < 1.29 is 106 Å². The Kier molecular flexibility index (Phi) is 16.7. The van der Waals surface area contributed by atoms with Gasteiger partial charge in [0, 0.05) is 46.3 Å². The number of benzene rings is 3. The van der Waals surface area contributed by atoms with Crippen LogP contribution in [-0.4, -0.2) is 23.1 Å². The van der Waals surface area contributed by atoms with Crippen LogP contribution in [-0.2, 0) is 29.0 Å². The fraction of sp³-hybridized carbons (Fsp3) is 0.314. The smallest absolute Gasteiger partial charge is 0.550 e. The second-order valence-corrected chi connectivity index (χ2v) is 10.7. The molecule has 0 amide bonds. The maximum atomic E-state index is 13.8. The summed E-state index contributed by atoms with van der Waals surface area (Å²) in [5.41, 5.74) is 3.27. The van der Waals surface area contributed by atoms with Crippen LogP contribution >= 0.6 is 0 Å². The third-order valence-corrected chi connectivity index (χ3v) is 7.63. The molecule has 1 heterocycles. The molecular weight excluding hydrogens is 655 g/mol. The summed E-state index contributed by atoms with van der Waals surface area (Å²) in [5, 5.41) is 22.9. The maximum absolute atomic E-state index is 13.8. The fourth-order valence-corrected chi connectivity index (χ4v) is 5.33. The van der Waals surface area contributed by atoms with Gasteiger partial charge in [-0.3, -0.25) is 0 Å². The van der Waals surface area contributed by atoms with Crippen LogP contribution < -0.4 is 74.1 Å². The van der Waals surface area contributed by atoms with Gasteiger partial charge >= 0.3 is 59.1 Å². The van der Waals surface area contributed by atoms with Crippen LogP contribution in [0, 0.1) is 47.9 Å². The van der Waals surface area contributed by atoms with E-state index in [9.17, 15) is 41.8 Å². The summed E-state index contributed by atoms with van der Waals surface area (Å²) in [6, 6.07) is 12.5. The van der Waals surface area contributed by atoms with E-state index in [2.05, 4.69) is 11.8 Å². The standard InChI is InChI=1S/C35H32F5NO5.2Na/c1-21-25(9-5-11-28(42)43)26-10-4-7-23(35(26)41(21)19-6-12-29(44)45)16-13-22-14-17-24(18-15-22)46-20-3-2-8-27-30(36)32(38)34(40)33(39)31(27)37;;/h4,7,10,14-15,17-18H,2-3,5-6,8-9,11-12,19-20H2,1H3,(H,42,43)(H,44,45);;/q;2*+1/p-2. The second kappa shape index (κ2) is 19.4. The van der Waals surface area contributed by atoms with E-state index in [-0.39, 0.29) is 91.4 Å². The van der Waals surface area contributed by atoms with Gasteiger partial charge in [0.15, 0.2) is 23.3 Å². The molecule has 0 saturated carbocycles. The molecule has 6 nitrogen and oxygen atoms in total. The van der Waals surface area contributed by atoms with Gasteiger partial charge < -0.3 is 29.1 Å². The summed E-state index contributed by atoms with van der Waals surface area (Å²) >= 11 is 0. The molecule has 4 rings (SSSR count). The first-order valence-corrected chi connectivity index (χ1v) is 14.7. The van der Waals surface area contributed by atoms with Crippen molar-refractivity contribution in [2.45, 2.75) is 64.8 Å². The average Bonchev–Trinajstić information content (AvgIpc) is 3.30. The Morgan fingerprint density at radius 2 is 1.31 bits per heavy atom. The number of carbonyl (C=O) groups is 2. The Morgan fingerprint density at radius 3 is 1.94 bits per heavy atom. The Labute approximate surface area is 319 Å². The van der Waals surface area contributed by atoms with Crippen molar-refractivity contribution >= 4 is 22.8 Å². The van der Waals surface area contributed by atoms with Crippen molar-refractivity contribution in [3.05, 3.63) is 99.5 Å². The van der Waals surface area contributed by atoms with E-state index in [1.807, 2.05) is 29.7 Å². The van der Waals surface area contributed by atoms with Gasteiger partial charge in [0.25, 0.3) is 0 Å². The number of carbonyl (C=O) groups excluding carboxylic acids is 2. The van der Waals surface area contributed by atoms with E-state index in [4.69, 9.17) is 4.74 Å². The fourth-order valence-electron chi connectivity index (χ4n) is 5.33. The van der Waals surface area contributed by atoms with Crippen LogP contribution in [0.15, 0.2) is 42.5 Å². The average molecular weight is 686 g/mol. The van der Waals surface area contributed by atoms with Gasteiger partial charge in [-0.05, 0) is 94.2 Å². The minimum absolute atomic E-state index is 0. The van der Waals surface area contributed by atoms with Gasteiger partial charge in [0.1, 0.15) is 5.75 Å². The van der Waals surface area contributed by atoms with Gasteiger partial charge in [0.2, 0.25) is 5.82 Å². The first-order valence-electron chi connectivity index (χ1n) is 14.7. The number of nitrogens with zero attached hydrogens (tertiary/aromatic N) is 1. The summed E-state index contributed by atoms with van der Waals surface area (Å²) in [4.78, 5) is 22.0. The molecule has 0 spiro atoms. The van der Waals surface area contributed by atoms with Crippen LogP contribution in [0.25, 0.3) is 10.9 Å². The SMILES string of the molecule is Cc1c(CCCC(=O)[O-])c2cccc(C#Cc3ccc(OCCCCc4c(F)c(F)c(F)c(F)c4F)cc3)c2n1CCCC(=O)[O-].[Na+].[Na+]. The Morgan fingerprint density at radius 1 is 0.729 bits per heavy atom. The van der Waals surface area contributed by atoms with E-state index < -0.39 is 46.6 Å². The zero-order valence-corrected chi connectivity index (χ0v) is 31.0. The van der Waals surface area contributed by atoms with Crippen LogP contribution in [0.5, 0.6) is 5.75 Å². The summed E-state index contributed by atoms with van der Waals surface area (Å²) in [6.07, 6.45) is 1.20. The number of fused-ring (bicyclic) bond motifs is 1. The van der Waals surface area contributed by atoms with Gasteiger partial charge in [-0.2, -0.15) is 0 Å². The summed E-state index contributed by atoms with van der Waals surface area (Å²) in [5.74, 6) is -5.19. The van der Waals surface area contributed by atoms with Crippen molar-refractivity contribution in [2.24, 2.45) is 0 Å². The first-order chi connectivity index (χ1) is 22.0. The minimum atomic E-state index is -2.18. The van der Waals surface area contributed by atoms with Gasteiger partial charge in [-0.1, -0.05) is 24.0 Å². The molecule has 0 bridgehead atoms. The molecule has 4 aromatic rings. The number of halogens is 5. The van der Waals surface area contributed by atoms with Crippen LogP contribution in [0.2, 0.25) is 0 Å². The van der Waals surface area contributed by atoms with Crippen molar-refractivity contribution in [3.8, 4) is 17.6 Å². The molecule has 3 aromatic carbocycles. The number of para-hydroxylation sites is 1. The number of ether oxygens (including phenoxy) is 1. The number of rotatable bonds is 14. The molecule has 0 atom stereocenters. The molecule has 1 aromatic heterocycles. The molecule has 0 N–H and O–H groups in total. The van der Waals surface area contributed by atoms with Crippen LogP contribution in [0.3, 0.4) is 0 Å². The molecule has 48 heavy (non-hydrogen) atoms. The van der Waals surface area contributed by atoms with E-state index in [0.29, 0.717) is 49.1 Å². The van der Waals surface area contributed by atoms with Gasteiger partial charge in [-0.15, -0.1) is 0 Å². The van der Waals surface area contributed by atoms with E-state index in [1.165, 1.54) is 0 Å². The molecule has 242 valence electrons.